The van der Waals surface area contributed by atoms with E-state index < -0.39 is 5.82 Å². The number of carbonyl (C=O) groups is 1. The van der Waals surface area contributed by atoms with Crippen LogP contribution in [0.1, 0.15) is 21.5 Å². The molecule has 0 saturated carbocycles. The average molecular weight is 335 g/mol. The fourth-order valence-electron chi connectivity index (χ4n) is 2.38. The summed E-state index contributed by atoms with van der Waals surface area (Å²) in [6.07, 6.45) is 0. The largest absolute Gasteiger partial charge is 0.489 e. The second-order valence-corrected chi connectivity index (χ2v) is 5.74. The van der Waals surface area contributed by atoms with Gasteiger partial charge in [-0.15, -0.1) is 0 Å². The van der Waals surface area contributed by atoms with Crippen LogP contribution < -0.4 is 10.1 Å². The molecule has 3 aromatic carbocycles. The summed E-state index contributed by atoms with van der Waals surface area (Å²) in [7, 11) is 0. The third-order valence-corrected chi connectivity index (χ3v) is 3.72. The molecular weight excluding hydrogens is 317 g/mol. The van der Waals surface area contributed by atoms with Gasteiger partial charge in [0.1, 0.15) is 18.2 Å². The standard InChI is InChI=1S/C21H18FNO2/c1-15-10-11-20(19(22)12-15)23-21(24)17-8-5-9-18(13-17)25-14-16-6-3-2-4-7-16/h2-13H,14H2,1H3,(H,23,24). The summed E-state index contributed by atoms with van der Waals surface area (Å²) < 4.78 is 19.6. The number of hydrogen-bond donors (Lipinski definition) is 1. The molecule has 0 atom stereocenters. The van der Waals surface area contributed by atoms with Crippen molar-refractivity contribution in [2.24, 2.45) is 0 Å². The molecule has 0 aliphatic heterocycles. The molecule has 0 bridgehead atoms. The van der Waals surface area contributed by atoms with E-state index in [-0.39, 0.29) is 11.6 Å². The second-order valence-electron chi connectivity index (χ2n) is 5.74. The third kappa shape index (κ3) is 4.44. The number of amides is 1. The molecule has 0 saturated heterocycles. The van der Waals surface area contributed by atoms with Gasteiger partial charge in [0, 0.05) is 5.56 Å². The first kappa shape index (κ1) is 16.7. The molecule has 1 amide bonds. The summed E-state index contributed by atoms with van der Waals surface area (Å²) in [4.78, 5) is 12.3. The van der Waals surface area contributed by atoms with E-state index in [1.54, 1.807) is 43.3 Å². The fourth-order valence-corrected chi connectivity index (χ4v) is 2.38. The maximum atomic E-state index is 13.9. The van der Waals surface area contributed by atoms with Crippen molar-refractivity contribution in [3.8, 4) is 5.75 Å². The number of ether oxygens (including phenoxy) is 1. The van der Waals surface area contributed by atoms with Gasteiger partial charge in [-0.05, 0) is 48.4 Å². The van der Waals surface area contributed by atoms with Crippen LogP contribution in [0.5, 0.6) is 5.75 Å². The number of rotatable bonds is 5. The van der Waals surface area contributed by atoms with Gasteiger partial charge in [0.25, 0.3) is 5.91 Å². The van der Waals surface area contributed by atoms with Crippen LogP contribution >= 0.6 is 0 Å². The summed E-state index contributed by atoms with van der Waals surface area (Å²) in [5, 5.41) is 2.59. The Hall–Kier alpha value is -3.14. The van der Waals surface area contributed by atoms with Crippen LogP contribution in [-0.2, 0) is 6.61 Å². The van der Waals surface area contributed by atoms with E-state index in [1.165, 1.54) is 6.07 Å². The lowest BCUT2D eigenvalue weighted by atomic mass is 10.1. The Bertz CT molecular complexity index is 878. The molecule has 0 aliphatic rings. The monoisotopic (exact) mass is 335 g/mol. The van der Waals surface area contributed by atoms with Gasteiger partial charge < -0.3 is 10.1 Å². The molecule has 3 nitrogen and oxygen atoms in total. The van der Waals surface area contributed by atoms with Crippen molar-refractivity contribution in [2.75, 3.05) is 5.32 Å². The highest BCUT2D eigenvalue weighted by Gasteiger charge is 2.10. The Morgan fingerprint density at radius 1 is 1.00 bits per heavy atom. The molecule has 4 heteroatoms. The number of hydrogen-bond acceptors (Lipinski definition) is 2. The maximum Gasteiger partial charge on any atom is 0.255 e. The fraction of sp³-hybridized carbons (Fsp3) is 0.0952. The van der Waals surface area contributed by atoms with Gasteiger partial charge in [-0.25, -0.2) is 4.39 Å². The van der Waals surface area contributed by atoms with Gasteiger partial charge in [-0.1, -0.05) is 42.5 Å². The molecule has 0 spiro atoms. The normalized spacial score (nSPS) is 10.3. The Morgan fingerprint density at radius 3 is 2.56 bits per heavy atom. The molecule has 3 rings (SSSR count). The van der Waals surface area contributed by atoms with Gasteiger partial charge in [-0.3, -0.25) is 4.79 Å². The first-order valence-electron chi connectivity index (χ1n) is 7.96. The van der Waals surface area contributed by atoms with E-state index in [1.807, 2.05) is 30.3 Å². The molecular formula is C21H18FNO2. The molecule has 1 N–H and O–H groups in total. The minimum atomic E-state index is -0.454. The van der Waals surface area contributed by atoms with Crippen molar-refractivity contribution >= 4 is 11.6 Å². The van der Waals surface area contributed by atoms with Crippen molar-refractivity contribution in [1.82, 2.24) is 0 Å². The lowest BCUT2D eigenvalue weighted by Gasteiger charge is -2.10. The molecule has 0 fully saturated rings. The van der Waals surface area contributed by atoms with Crippen LogP contribution in [0.2, 0.25) is 0 Å². The smallest absolute Gasteiger partial charge is 0.255 e. The number of aryl methyl sites for hydroxylation is 1. The first-order chi connectivity index (χ1) is 12.1. The number of benzene rings is 3. The van der Waals surface area contributed by atoms with Crippen LogP contribution in [0, 0.1) is 12.7 Å². The second kappa shape index (κ2) is 7.62. The molecule has 0 radical (unpaired) electrons. The summed E-state index contributed by atoms with van der Waals surface area (Å²) >= 11 is 0. The Kier molecular flexibility index (Phi) is 5.09. The minimum Gasteiger partial charge on any atom is -0.489 e. The van der Waals surface area contributed by atoms with E-state index in [0.29, 0.717) is 17.9 Å². The maximum absolute atomic E-state index is 13.9. The highest BCUT2D eigenvalue weighted by Crippen LogP contribution is 2.19. The lowest BCUT2D eigenvalue weighted by molar-refractivity contribution is 0.102. The first-order valence-corrected chi connectivity index (χ1v) is 7.96. The van der Waals surface area contributed by atoms with Crippen molar-refractivity contribution in [3.63, 3.8) is 0 Å². The molecule has 0 heterocycles. The summed E-state index contributed by atoms with van der Waals surface area (Å²) in [5.74, 6) is -0.251. The van der Waals surface area contributed by atoms with E-state index >= 15 is 0 Å². The number of halogens is 1. The van der Waals surface area contributed by atoms with Gasteiger partial charge in [0.2, 0.25) is 0 Å². The third-order valence-electron chi connectivity index (χ3n) is 3.72. The van der Waals surface area contributed by atoms with E-state index in [9.17, 15) is 9.18 Å². The lowest BCUT2D eigenvalue weighted by Crippen LogP contribution is -2.13. The zero-order valence-corrected chi connectivity index (χ0v) is 13.8. The summed E-state index contributed by atoms with van der Waals surface area (Å²) in [6, 6.07) is 21.3. The van der Waals surface area contributed by atoms with E-state index in [4.69, 9.17) is 4.74 Å². The van der Waals surface area contributed by atoms with Crippen molar-refractivity contribution in [1.29, 1.82) is 0 Å². The predicted molar refractivity (Wildman–Crippen MR) is 96.3 cm³/mol. The van der Waals surface area contributed by atoms with Gasteiger partial charge in [-0.2, -0.15) is 0 Å². The Balaban J connectivity index is 1.69. The molecule has 3 aromatic rings. The van der Waals surface area contributed by atoms with Crippen molar-refractivity contribution < 1.29 is 13.9 Å². The van der Waals surface area contributed by atoms with Crippen LogP contribution in [-0.4, -0.2) is 5.91 Å². The minimum absolute atomic E-state index is 0.159. The highest BCUT2D eigenvalue weighted by molar-refractivity contribution is 6.04. The van der Waals surface area contributed by atoms with E-state index in [0.717, 1.165) is 11.1 Å². The van der Waals surface area contributed by atoms with Crippen molar-refractivity contribution in [2.45, 2.75) is 13.5 Å². The van der Waals surface area contributed by atoms with Gasteiger partial charge in [0.15, 0.2) is 0 Å². The molecule has 0 unspecified atom stereocenters. The van der Waals surface area contributed by atoms with Crippen LogP contribution in [0.3, 0.4) is 0 Å². The van der Waals surface area contributed by atoms with Crippen molar-refractivity contribution in [3.05, 3.63) is 95.3 Å². The van der Waals surface area contributed by atoms with Crippen LogP contribution in [0.25, 0.3) is 0 Å². The zero-order valence-electron chi connectivity index (χ0n) is 13.8. The Morgan fingerprint density at radius 2 is 1.80 bits per heavy atom. The van der Waals surface area contributed by atoms with E-state index in [2.05, 4.69) is 5.32 Å². The highest BCUT2D eigenvalue weighted by atomic mass is 19.1. The average Bonchev–Trinajstić information content (AvgIpc) is 2.63. The predicted octanol–water partition coefficient (Wildman–Crippen LogP) is 4.97. The molecule has 25 heavy (non-hydrogen) atoms. The number of nitrogens with one attached hydrogen (secondary N) is 1. The number of anilines is 1. The molecule has 0 aliphatic carbocycles. The SMILES string of the molecule is Cc1ccc(NC(=O)c2cccc(OCc3ccccc3)c2)c(F)c1. The van der Waals surface area contributed by atoms with Gasteiger partial charge >= 0.3 is 0 Å². The summed E-state index contributed by atoms with van der Waals surface area (Å²) in [5.41, 5.74) is 2.41. The van der Waals surface area contributed by atoms with Crippen LogP contribution in [0.4, 0.5) is 10.1 Å². The number of carbonyl (C=O) groups excluding carboxylic acids is 1. The molecule has 126 valence electrons. The Labute approximate surface area is 146 Å². The topological polar surface area (TPSA) is 38.3 Å². The zero-order chi connectivity index (χ0) is 17.6. The quantitative estimate of drug-likeness (QED) is 0.715. The van der Waals surface area contributed by atoms with Gasteiger partial charge in [0.05, 0.1) is 5.69 Å². The molecule has 0 aromatic heterocycles. The van der Waals surface area contributed by atoms with Crippen LogP contribution in [0.15, 0.2) is 72.8 Å². The summed E-state index contributed by atoms with van der Waals surface area (Å²) in [6.45, 7) is 2.21.